The van der Waals surface area contributed by atoms with Gasteiger partial charge in [0.05, 0.1) is 13.2 Å². The second-order valence-electron chi connectivity index (χ2n) is 6.31. The predicted octanol–water partition coefficient (Wildman–Crippen LogP) is 3.32. The zero-order valence-corrected chi connectivity index (χ0v) is 17.9. The van der Waals surface area contributed by atoms with Gasteiger partial charge in [0, 0.05) is 28.6 Å². The number of carbonyl (C=O) groups is 1. The van der Waals surface area contributed by atoms with Crippen LogP contribution in [-0.4, -0.2) is 55.4 Å². The van der Waals surface area contributed by atoms with Gasteiger partial charge in [0.25, 0.3) is 0 Å². The molecule has 0 spiro atoms. The highest BCUT2D eigenvalue weighted by molar-refractivity contribution is 9.10. The van der Waals surface area contributed by atoms with Crippen molar-refractivity contribution >= 4 is 37.8 Å². The highest BCUT2D eigenvalue weighted by Crippen LogP contribution is 2.32. The van der Waals surface area contributed by atoms with Gasteiger partial charge >= 0.3 is 5.97 Å². The van der Waals surface area contributed by atoms with Gasteiger partial charge in [-0.25, -0.2) is 4.79 Å². The zero-order valence-electron chi connectivity index (χ0n) is 14.7. The first-order valence-corrected chi connectivity index (χ1v) is 10.3. The molecular formula is C20H21Br2NO4. The Morgan fingerprint density at radius 2 is 1.48 bits per heavy atom. The topological polar surface area (TPSA) is 59.0 Å². The Morgan fingerprint density at radius 3 is 1.96 bits per heavy atom. The summed E-state index contributed by atoms with van der Waals surface area (Å²) in [7, 11) is 0. The maximum absolute atomic E-state index is 12.9. The fourth-order valence-corrected chi connectivity index (χ4v) is 3.51. The SMILES string of the molecule is O=C(OCCN1CCOCC1)C(O)(c1ccc(Br)cc1)c1ccc(Br)cc1. The predicted molar refractivity (Wildman–Crippen MR) is 110 cm³/mol. The van der Waals surface area contributed by atoms with E-state index in [0.717, 1.165) is 22.0 Å². The normalized spacial score (nSPS) is 15.5. The number of benzene rings is 2. The van der Waals surface area contributed by atoms with E-state index in [1.807, 2.05) is 0 Å². The second-order valence-corrected chi connectivity index (χ2v) is 8.15. The number of aliphatic hydroxyl groups is 1. The molecule has 2 aromatic carbocycles. The molecule has 0 saturated carbocycles. The summed E-state index contributed by atoms with van der Waals surface area (Å²) in [6.07, 6.45) is 0. The van der Waals surface area contributed by atoms with E-state index >= 15 is 0 Å². The molecule has 1 aliphatic rings. The number of ether oxygens (including phenoxy) is 2. The number of carbonyl (C=O) groups excluding carboxylic acids is 1. The molecule has 3 rings (SSSR count). The van der Waals surface area contributed by atoms with Gasteiger partial charge in [-0.15, -0.1) is 0 Å². The van der Waals surface area contributed by atoms with E-state index in [0.29, 0.717) is 30.9 Å². The molecule has 1 aliphatic heterocycles. The third-order valence-electron chi connectivity index (χ3n) is 4.56. The molecule has 1 fully saturated rings. The molecule has 1 N–H and O–H groups in total. The molecule has 0 unspecified atom stereocenters. The van der Waals surface area contributed by atoms with Crippen LogP contribution in [0.1, 0.15) is 11.1 Å². The van der Waals surface area contributed by atoms with Crippen molar-refractivity contribution in [2.24, 2.45) is 0 Å². The Morgan fingerprint density at radius 1 is 1.00 bits per heavy atom. The van der Waals surface area contributed by atoms with E-state index in [2.05, 4.69) is 36.8 Å². The Balaban J connectivity index is 1.79. The lowest BCUT2D eigenvalue weighted by Crippen LogP contribution is -2.42. The molecule has 5 nitrogen and oxygen atoms in total. The van der Waals surface area contributed by atoms with Gasteiger partial charge in [0.2, 0.25) is 5.60 Å². The Hall–Kier alpha value is -1.25. The third kappa shape index (κ3) is 4.97. The fraction of sp³-hybridized carbons (Fsp3) is 0.350. The maximum atomic E-state index is 12.9. The lowest BCUT2D eigenvalue weighted by molar-refractivity contribution is -0.162. The molecule has 27 heavy (non-hydrogen) atoms. The Bertz CT molecular complexity index is 713. The van der Waals surface area contributed by atoms with Gasteiger partial charge < -0.3 is 14.6 Å². The zero-order chi connectivity index (χ0) is 19.3. The van der Waals surface area contributed by atoms with Crippen LogP contribution in [-0.2, 0) is 19.9 Å². The van der Waals surface area contributed by atoms with E-state index in [4.69, 9.17) is 9.47 Å². The van der Waals surface area contributed by atoms with Crippen LogP contribution in [0.4, 0.5) is 0 Å². The summed E-state index contributed by atoms with van der Waals surface area (Å²) in [6.45, 7) is 3.86. The number of hydrogen-bond donors (Lipinski definition) is 1. The van der Waals surface area contributed by atoms with Crippen LogP contribution in [0.3, 0.4) is 0 Å². The summed E-state index contributed by atoms with van der Waals surface area (Å²) in [5.41, 5.74) is -0.944. The first-order valence-electron chi connectivity index (χ1n) is 8.72. The first kappa shape index (κ1) is 20.5. The van der Waals surface area contributed by atoms with Gasteiger partial charge in [-0.05, 0) is 35.4 Å². The molecule has 0 bridgehead atoms. The lowest BCUT2D eigenvalue weighted by Gasteiger charge is -2.29. The average molecular weight is 499 g/mol. The quantitative estimate of drug-likeness (QED) is 0.619. The number of hydrogen-bond acceptors (Lipinski definition) is 5. The Kier molecular flexibility index (Phi) is 7.05. The second kappa shape index (κ2) is 9.30. The van der Waals surface area contributed by atoms with Crippen LogP contribution < -0.4 is 0 Å². The largest absolute Gasteiger partial charge is 0.462 e. The fourth-order valence-electron chi connectivity index (χ4n) is 2.98. The molecule has 2 aromatic rings. The van der Waals surface area contributed by atoms with Crippen molar-refractivity contribution < 1.29 is 19.4 Å². The third-order valence-corrected chi connectivity index (χ3v) is 5.62. The van der Waals surface area contributed by atoms with Crippen LogP contribution in [0.5, 0.6) is 0 Å². The summed E-state index contributed by atoms with van der Waals surface area (Å²) in [4.78, 5) is 15.1. The van der Waals surface area contributed by atoms with E-state index < -0.39 is 11.6 Å². The minimum Gasteiger partial charge on any atom is -0.462 e. The van der Waals surface area contributed by atoms with Crippen molar-refractivity contribution in [1.82, 2.24) is 4.90 Å². The summed E-state index contributed by atoms with van der Waals surface area (Å²) < 4.78 is 12.5. The molecular weight excluding hydrogens is 478 g/mol. The number of esters is 1. The number of morpholine rings is 1. The molecule has 144 valence electrons. The van der Waals surface area contributed by atoms with Gasteiger partial charge in [0.15, 0.2) is 0 Å². The summed E-state index contributed by atoms with van der Waals surface area (Å²) in [6, 6.07) is 14.0. The smallest absolute Gasteiger partial charge is 0.347 e. The molecule has 1 heterocycles. The van der Waals surface area contributed by atoms with E-state index in [-0.39, 0.29) is 6.61 Å². The molecule has 1 saturated heterocycles. The van der Waals surface area contributed by atoms with E-state index in [9.17, 15) is 9.90 Å². The highest BCUT2D eigenvalue weighted by atomic mass is 79.9. The molecule has 0 radical (unpaired) electrons. The minimum absolute atomic E-state index is 0.216. The molecule has 0 aromatic heterocycles. The van der Waals surface area contributed by atoms with Crippen molar-refractivity contribution in [2.45, 2.75) is 5.60 Å². The number of nitrogens with zero attached hydrogens (tertiary/aromatic N) is 1. The minimum atomic E-state index is -1.87. The van der Waals surface area contributed by atoms with Gasteiger partial charge in [0.1, 0.15) is 6.61 Å². The molecule has 0 atom stereocenters. The van der Waals surface area contributed by atoms with Gasteiger partial charge in [-0.1, -0.05) is 56.1 Å². The molecule has 0 amide bonds. The van der Waals surface area contributed by atoms with E-state index in [1.165, 1.54) is 0 Å². The summed E-state index contributed by atoms with van der Waals surface area (Å²) in [5.74, 6) is -0.680. The van der Waals surface area contributed by atoms with Crippen molar-refractivity contribution in [1.29, 1.82) is 0 Å². The van der Waals surface area contributed by atoms with E-state index in [1.54, 1.807) is 48.5 Å². The standard InChI is InChI=1S/C20H21Br2NO4/c21-17-5-1-15(2-6-17)20(25,16-3-7-18(22)8-4-16)19(24)27-14-11-23-9-12-26-13-10-23/h1-8,25H,9-14H2. The monoisotopic (exact) mass is 497 g/mol. The van der Waals surface area contributed by atoms with Crippen LogP contribution in [0.15, 0.2) is 57.5 Å². The molecule has 0 aliphatic carbocycles. The van der Waals surface area contributed by atoms with Crippen molar-refractivity contribution in [3.05, 3.63) is 68.6 Å². The maximum Gasteiger partial charge on any atom is 0.347 e. The van der Waals surface area contributed by atoms with Crippen molar-refractivity contribution in [3.63, 3.8) is 0 Å². The average Bonchev–Trinajstić information content (AvgIpc) is 2.69. The Labute approximate surface area is 175 Å². The van der Waals surface area contributed by atoms with Crippen LogP contribution in [0, 0.1) is 0 Å². The van der Waals surface area contributed by atoms with Crippen LogP contribution >= 0.6 is 31.9 Å². The van der Waals surface area contributed by atoms with Crippen LogP contribution in [0.2, 0.25) is 0 Å². The first-order chi connectivity index (χ1) is 13.0. The number of rotatable bonds is 6. The lowest BCUT2D eigenvalue weighted by atomic mass is 9.86. The van der Waals surface area contributed by atoms with Crippen molar-refractivity contribution in [2.75, 3.05) is 39.5 Å². The highest BCUT2D eigenvalue weighted by Gasteiger charge is 2.41. The van der Waals surface area contributed by atoms with Crippen LogP contribution in [0.25, 0.3) is 0 Å². The van der Waals surface area contributed by atoms with Gasteiger partial charge in [-0.3, -0.25) is 4.90 Å². The summed E-state index contributed by atoms with van der Waals surface area (Å²) in [5, 5.41) is 11.4. The van der Waals surface area contributed by atoms with Crippen molar-refractivity contribution in [3.8, 4) is 0 Å². The summed E-state index contributed by atoms with van der Waals surface area (Å²) >= 11 is 6.76. The number of halogens is 2. The molecule has 7 heteroatoms. The van der Waals surface area contributed by atoms with Gasteiger partial charge in [-0.2, -0.15) is 0 Å².